The first-order valence-corrected chi connectivity index (χ1v) is 6.22. The van der Waals surface area contributed by atoms with Crippen LogP contribution in [0.1, 0.15) is 22.9 Å². The van der Waals surface area contributed by atoms with Crippen LogP contribution >= 0.6 is 15.9 Å². The topological polar surface area (TPSA) is 38.9 Å². The Bertz CT molecular complexity index is 567. The zero-order valence-electron chi connectivity index (χ0n) is 9.66. The van der Waals surface area contributed by atoms with Crippen molar-refractivity contribution >= 4 is 15.9 Å². The van der Waals surface area contributed by atoms with E-state index in [9.17, 15) is 13.2 Å². The molecule has 1 atom stereocenters. The minimum atomic E-state index is -4.43. The van der Waals surface area contributed by atoms with Gasteiger partial charge in [0.25, 0.3) is 0 Å². The highest BCUT2D eigenvalue weighted by atomic mass is 79.9. The lowest BCUT2D eigenvalue weighted by molar-refractivity contribution is -0.138. The van der Waals surface area contributed by atoms with Crippen LogP contribution in [0.4, 0.5) is 13.2 Å². The molecule has 2 N–H and O–H groups in total. The van der Waals surface area contributed by atoms with E-state index in [1.807, 2.05) is 0 Å². The third kappa shape index (κ3) is 3.13. The highest BCUT2D eigenvalue weighted by Crippen LogP contribution is 2.35. The number of hydrogen-bond donors (Lipinski definition) is 1. The van der Waals surface area contributed by atoms with E-state index in [0.717, 1.165) is 10.5 Å². The van der Waals surface area contributed by atoms with E-state index in [1.165, 1.54) is 24.4 Å². The Morgan fingerprint density at radius 3 is 2.37 bits per heavy atom. The quantitative estimate of drug-likeness (QED) is 0.906. The SMILES string of the molecule is NC(c1ccc(Br)cn1)c1ccccc1C(F)(F)F. The molecule has 0 saturated heterocycles. The normalized spacial score (nSPS) is 13.3. The first-order valence-electron chi connectivity index (χ1n) is 5.43. The van der Waals surface area contributed by atoms with Crippen LogP contribution in [0.2, 0.25) is 0 Å². The van der Waals surface area contributed by atoms with Crippen LogP contribution in [0.15, 0.2) is 47.1 Å². The minimum absolute atomic E-state index is 0.0184. The molecule has 2 rings (SSSR count). The van der Waals surface area contributed by atoms with Gasteiger partial charge >= 0.3 is 6.18 Å². The second-order valence-corrected chi connectivity index (χ2v) is 4.88. The van der Waals surface area contributed by atoms with Crippen molar-refractivity contribution in [1.82, 2.24) is 4.98 Å². The van der Waals surface area contributed by atoms with Gasteiger partial charge in [-0.1, -0.05) is 18.2 Å². The molecule has 1 unspecified atom stereocenters. The number of hydrogen-bond acceptors (Lipinski definition) is 2. The maximum absolute atomic E-state index is 12.9. The maximum atomic E-state index is 12.9. The summed E-state index contributed by atoms with van der Waals surface area (Å²) in [6.07, 6.45) is -2.92. The number of rotatable bonds is 2. The molecule has 0 fully saturated rings. The number of alkyl halides is 3. The summed E-state index contributed by atoms with van der Waals surface area (Å²) in [7, 11) is 0. The third-order valence-electron chi connectivity index (χ3n) is 2.67. The van der Waals surface area contributed by atoms with Crippen molar-refractivity contribution in [2.75, 3.05) is 0 Å². The number of halogens is 4. The lowest BCUT2D eigenvalue weighted by Crippen LogP contribution is -2.19. The van der Waals surface area contributed by atoms with Crippen LogP contribution < -0.4 is 5.73 Å². The zero-order valence-corrected chi connectivity index (χ0v) is 11.2. The van der Waals surface area contributed by atoms with Crippen molar-refractivity contribution in [2.24, 2.45) is 5.73 Å². The molecular formula is C13H10BrF3N2. The van der Waals surface area contributed by atoms with Gasteiger partial charge in [-0.05, 0) is 39.7 Å². The van der Waals surface area contributed by atoms with Crippen LogP contribution in [-0.2, 0) is 6.18 Å². The molecule has 0 aliphatic rings. The molecule has 1 aromatic heterocycles. The van der Waals surface area contributed by atoms with Gasteiger partial charge in [0.15, 0.2) is 0 Å². The highest BCUT2D eigenvalue weighted by molar-refractivity contribution is 9.10. The molecule has 0 spiro atoms. The Balaban J connectivity index is 2.44. The molecule has 1 heterocycles. The predicted octanol–water partition coefficient (Wildman–Crippen LogP) is 3.91. The molecule has 2 aromatic rings. The van der Waals surface area contributed by atoms with Gasteiger partial charge < -0.3 is 5.73 Å². The van der Waals surface area contributed by atoms with E-state index >= 15 is 0 Å². The molecule has 19 heavy (non-hydrogen) atoms. The lowest BCUT2D eigenvalue weighted by Gasteiger charge is -2.17. The van der Waals surface area contributed by atoms with Gasteiger partial charge in [0.1, 0.15) is 0 Å². The second-order valence-electron chi connectivity index (χ2n) is 3.96. The first-order chi connectivity index (χ1) is 8.89. The molecule has 0 aliphatic heterocycles. The Morgan fingerprint density at radius 2 is 1.79 bits per heavy atom. The number of benzene rings is 1. The van der Waals surface area contributed by atoms with E-state index in [2.05, 4.69) is 20.9 Å². The van der Waals surface area contributed by atoms with Gasteiger partial charge in [-0.25, -0.2) is 0 Å². The van der Waals surface area contributed by atoms with Crippen LogP contribution in [0, 0.1) is 0 Å². The molecule has 0 saturated carbocycles. The van der Waals surface area contributed by atoms with E-state index < -0.39 is 17.8 Å². The Labute approximate surface area is 116 Å². The van der Waals surface area contributed by atoms with Crippen molar-refractivity contribution in [3.05, 3.63) is 63.9 Å². The van der Waals surface area contributed by atoms with Crippen molar-refractivity contribution in [1.29, 1.82) is 0 Å². The van der Waals surface area contributed by atoms with Crippen LogP contribution in [0.25, 0.3) is 0 Å². The Hall–Kier alpha value is -1.40. The van der Waals surface area contributed by atoms with Crippen molar-refractivity contribution < 1.29 is 13.2 Å². The van der Waals surface area contributed by atoms with Crippen LogP contribution in [-0.4, -0.2) is 4.98 Å². The molecular weight excluding hydrogens is 321 g/mol. The second kappa shape index (κ2) is 5.30. The molecule has 0 aliphatic carbocycles. The number of aromatic nitrogens is 1. The van der Waals surface area contributed by atoms with Gasteiger partial charge in [0, 0.05) is 10.7 Å². The lowest BCUT2D eigenvalue weighted by atomic mass is 9.98. The molecule has 0 bridgehead atoms. The fraction of sp³-hybridized carbons (Fsp3) is 0.154. The standard InChI is InChI=1S/C13H10BrF3N2/c14-8-5-6-11(19-7-8)12(18)9-3-1-2-4-10(9)13(15,16)17/h1-7,12H,18H2. The summed E-state index contributed by atoms with van der Waals surface area (Å²) in [6.45, 7) is 0. The summed E-state index contributed by atoms with van der Waals surface area (Å²) in [4.78, 5) is 4.04. The third-order valence-corrected chi connectivity index (χ3v) is 3.14. The van der Waals surface area contributed by atoms with Gasteiger partial charge in [0.05, 0.1) is 17.3 Å². The van der Waals surface area contributed by atoms with E-state index in [4.69, 9.17) is 5.73 Å². The molecule has 0 radical (unpaired) electrons. The average molecular weight is 331 g/mol. The van der Waals surface area contributed by atoms with E-state index in [1.54, 1.807) is 12.1 Å². The zero-order chi connectivity index (χ0) is 14.0. The largest absolute Gasteiger partial charge is 0.416 e. The van der Waals surface area contributed by atoms with Gasteiger partial charge in [-0.15, -0.1) is 0 Å². The molecule has 6 heteroatoms. The minimum Gasteiger partial charge on any atom is -0.319 e. The monoisotopic (exact) mass is 330 g/mol. The summed E-state index contributed by atoms with van der Waals surface area (Å²) >= 11 is 3.21. The van der Waals surface area contributed by atoms with Gasteiger partial charge in [0.2, 0.25) is 0 Å². The number of pyridine rings is 1. The summed E-state index contributed by atoms with van der Waals surface area (Å²) in [5, 5.41) is 0. The number of nitrogens with zero attached hydrogens (tertiary/aromatic N) is 1. The van der Waals surface area contributed by atoms with E-state index in [0.29, 0.717) is 5.69 Å². The predicted molar refractivity (Wildman–Crippen MR) is 69.4 cm³/mol. The Kier molecular flexibility index (Phi) is 3.91. The van der Waals surface area contributed by atoms with Crippen molar-refractivity contribution in [3.8, 4) is 0 Å². The van der Waals surface area contributed by atoms with Crippen LogP contribution in [0.3, 0.4) is 0 Å². The van der Waals surface area contributed by atoms with Gasteiger partial charge in [-0.3, -0.25) is 4.98 Å². The smallest absolute Gasteiger partial charge is 0.319 e. The van der Waals surface area contributed by atoms with Crippen molar-refractivity contribution in [2.45, 2.75) is 12.2 Å². The summed E-state index contributed by atoms with van der Waals surface area (Å²) in [5.41, 5.74) is 5.56. The molecule has 1 aromatic carbocycles. The molecule has 100 valence electrons. The Morgan fingerprint density at radius 1 is 1.11 bits per heavy atom. The summed E-state index contributed by atoms with van der Waals surface area (Å²) in [6, 6.07) is 7.65. The first kappa shape index (κ1) is 14.0. The average Bonchev–Trinajstić information content (AvgIpc) is 2.38. The molecule has 0 amide bonds. The maximum Gasteiger partial charge on any atom is 0.416 e. The summed E-state index contributed by atoms with van der Waals surface area (Å²) < 4.78 is 39.5. The highest BCUT2D eigenvalue weighted by Gasteiger charge is 2.34. The summed E-state index contributed by atoms with van der Waals surface area (Å²) in [5.74, 6) is 0. The molecule has 2 nitrogen and oxygen atoms in total. The van der Waals surface area contributed by atoms with E-state index in [-0.39, 0.29) is 5.56 Å². The fourth-order valence-electron chi connectivity index (χ4n) is 1.76. The van der Waals surface area contributed by atoms with Crippen molar-refractivity contribution in [3.63, 3.8) is 0 Å². The number of nitrogens with two attached hydrogens (primary N) is 1. The van der Waals surface area contributed by atoms with Gasteiger partial charge in [-0.2, -0.15) is 13.2 Å². The fourth-order valence-corrected chi connectivity index (χ4v) is 1.99. The van der Waals surface area contributed by atoms with Crippen LogP contribution in [0.5, 0.6) is 0 Å².